The highest BCUT2D eigenvalue weighted by Crippen LogP contribution is 2.47. The smallest absolute Gasteiger partial charge is 0.247 e. The number of halogens is 2. The maximum atomic E-state index is 12.7. The van der Waals surface area contributed by atoms with E-state index in [2.05, 4.69) is 0 Å². The molecule has 3 N–H and O–H groups in total. The Morgan fingerprint density at radius 1 is 1.60 bits per heavy atom. The molecule has 140 valence electrons. The summed E-state index contributed by atoms with van der Waals surface area (Å²) in [5, 5.41) is 9.73. The van der Waals surface area contributed by atoms with Crippen molar-refractivity contribution in [2.24, 2.45) is 5.73 Å². The van der Waals surface area contributed by atoms with E-state index in [0.29, 0.717) is 30.9 Å². The Hall–Kier alpha value is -1.09. The van der Waals surface area contributed by atoms with Crippen molar-refractivity contribution in [2.45, 2.75) is 56.8 Å². The van der Waals surface area contributed by atoms with Crippen LogP contribution in [0.5, 0.6) is 0 Å². The van der Waals surface area contributed by atoms with Gasteiger partial charge in [0.05, 0.1) is 6.61 Å². The maximum absolute atomic E-state index is 12.7. The van der Waals surface area contributed by atoms with Gasteiger partial charge < -0.3 is 15.6 Å². The number of carbonyl (C=O) groups is 1. The highest BCUT2D eigenvalue weighted by molar-refractivity contribution is 7.12. The first-order valence-electron chi connectivity index (χ1n) is 8.56. The SMILES string of the molecule is C[C@H]1C[C@@]2(CCN1C[C@H](O)C(N)=O)OCCc1cc(CC(F)F)sc12. The van der Waals surface area contributed by atoms with E-state index < -0.39 is 24.0 Å². The van der Waals surface area contributed by atoms with Crippen molar-refractivity contribution in [2.75, 3.05) is 19.7 Å². The summed E-state index contributed by atoms with van der Waals surface area (Å²) >= 11 is 1.44. The molecule has 3 rings (SSSR count). The normalized spacial score (nSPS) is 28.3. The van der Waals surface area contributed by atoms with Crippen LogP contribution in [0.4, 0.5) is 8.78 Å². The van der Waals surface area contributed by atoms with Crippen molar-refractivity contribution < 1.29 is 23.4 Å². The van der Waals surface area contributed by atoms with Crippen molar-refractivity contribution in [3.05, 3.63) is 21.4 Å². The minimum Gasteiger partial charge on any atom is -0.382 e. The molecule has 8 heteroatoms. The van der Waals surface area contributed by atoms with E-state index in [1.807, 2.05) is 17.9 Å². The van der Waals surface area contributed by atoms with E-state index in [0.717, 1.165) is 16.9 Å². The summed E-state index contributed by atoms with van der Waals surface area (Å²) < 4.78 is 31.6. The fraction of sp³-hybridized carbons (Fsp3) is 0.706. The molecule has 1 fully saturated rings. The molecule has 1 spiro atoms. The average Bonchev–Trinajstić information content (AvgIpc) is 2.93. The number of nitrogens with zero attached hydrogens (tertiary/aromatic N) is 1. The molecule has 0 saturated carbocycles. The molecule has 0 bridgehead atoms. The fourth-order valence-corrected chi connectivity index (χ4v) is 5.30. The van der Waals surface area contributed by atoms with Gasteiger partial charge in [-0.1, -0.05) is 0 Å². The minimum absolute atomic E-state index is 0.0920. The number of amides is 1. The average molecular weight is 374 g/mol. The summed E-state index contributed by atoms with van der Waals surface area (Å²) in [5.74, 6) is -0.724. The second-order valence-electron chi connectivity index (χ2n) is 6.97. The van der Waals surface area contributed by atoms with Crippen LogP contribution in [-0.4, -0.2) is 54.2 Å². The van der Waals surface area contributed by atoms with Gasteiger partial charge in [-0.05, 0) is 37.8 Å². The van der Waals surface area contributed by atoms with Crippen LogP contribution in [0.2, 0.25) is 0 Å². The molecule has 0 aromatic carbocycles. The standard InChI is InChI=1S/C17H24F2N2O3S/c1-10-8-17(3-4-21(10)9-13(22)16(20)23)15-11(2-5-24-17)6-12(25-15)7-14(18)19/h6,10,13-14,22H,2-5,7-9H2,1H3,(H2,20,23)/t10-,13-,17+/m0/s1. The zero-order valence-electron chi connectivity index (χ0n) is 14.2. The van der Waals surface area contributed by atoms with E-state index >= 15 is 0 Å². The van der Waals surface area contributed by atoms with Gasteiger partial charge in [0.15, 0.2) is 0 Å². The molecule has 0 aliphatic carbocycles. The van der Waals surface area contributed by atoms with E-state index in [4.69, 9.17) is 10.5 Å². The summed E-state index contributed by atoms with van der Waals surface area (Å²) in [6.45, 7) is 3.49. The molecular formula is C17H24F2N2O3S. The minimum atomic E-state index is -2.34. The van der Waals surface area contributed by atoms with Gasteiger partial charge in [-0.25, -0.2) is 8.78 Å². The number of primary amides is 1. The Balaban J connectivity index is 1.76. The third-order valence-corrected chi connectivity index (χ3v) is 6.55. The lowest BCUT2D eigenvalue weighted by Crippen LogP contribution is -2.53. The number of nitrogens with two attached hydrogens (primary N) is 1. The van der Waals surface area contributed by atoms with Crippen molar-refractivity contribution in [1.82, 2.24) is 4.90 Å². The summed E-state index contributed by atoms with van der Waals surface area (Å²) in [4.78, 5) is 14.9. The molecule has 0 radical (unpaired) electrons. The molecule has 25 heavy (non-hydrogen) atoms. The summed E-state index contributed by atoms with van der Waals surface area (Å²) in [7, 11) is 0. The number of aliphatic hydroxyl groups excluding tert-OH is 1. The first kappa shape index (κ1) is 18.7. The summed E-state index contributed by atoms with van der Waals surface area (Å²) in [6, 6.07) is 2.00. The lowest BCUT2D eigenvalue weighted by molar-refractivity contribution is -0.131. The van der Waals surface area contributed by atoms with Crippen LogP contribution >= 0.6 is 11.3 Å². The second kappa shape index (κ2) is 7.26. The van der Waals surface area contributed by atoms with Crippen LogP contribution in [0.15, 0.2) is 6.07 Å². The number of hydrogen-bond donors (Lipinski definition) is 2. The number of hydrogen-bond acceptors (Lipinski definition) is 5. The third kappa shape index (κ3) is 3.86. The highest BCUT2D eigenvalue weighted by Gasteiger charge is 2.45. The van der Waals surface area contributed by atoms with Gasteiger partial charge in [-0.2, -0.15) is 0 Å². The van der Waals surface area contributed by atoms with Gasteiger partial charge in [0.25, 0.3) is 0 Å². The van der Waals surface area contributed by atoms with Crippen LogP contribution in [-0.2, 0) is 28.0 Å². The largest absolute Gasteiger partial charge is 0.382 e. The Morgan fingerprint density at radius 3 is 3.00 bits per heavy atom. The van der Waals surface area contributed by atoms with Gasteiger partial charge in [-0.3, -0.25) is 9.69 Å². The van der Waals surface area contributed by atoms with E-state index in [9.17, 15) is 18.7 Å². The number of alkyl halides is 2. The van der Waals surface area contributed by atoms with Crippen LogP contribution in [0.1, 0.15) is 35.1 Å². The van der Waals surface area contributed by atoms with Crippen molar-refractivity contribution >= 4 is 17.2 Å². The number of thiophene rings is 1. The Morgan fingerprint density at radius 2 is 2.36 bits per heavy atom. The predicted molar refractivity (Wildman–Crippen MR) is 90.8 cm³/mol. The summed E-state index contributed by atoms with van der Waals surface area (Å²) in [6.07, 6.45) is -1.55. The quantitative estimate of drug-likeness (QED) is 0.822. The molecule has 0 unspecified atom stereocenters. The maximum Gasteiger partial charge on any atom is 0.247 e. The number of aliphatic hydroxyl groups is 1. The number of ether oxygens (including phenoxy) is 1. The Bertz CT molecular complexity index is 639. The van der Waals surface area contributed by atoms with Crippen molar-refractivity contribution in [3.63, 3.8) is 0 Å². The fourth-order valence-electron chi connectivity index (χ4n) is 3.91. The number of rotatable bonds is 5. The Labute approximate surface area is 149 Å². The first-order chi connectivity index (χ1) is 11.8. The highest BCUT2D eigenvalue weighted by atomic mass is 32.1. The number of carbonyl (C=O) groups excluding carboxylic acids is 1. The molecular weight excluding hydrogens is 350 g/mol. The number of fused-ring (bicyclic) bond motifs is 2. The Kier molecular flexibility index (Phi) is 5.43. The zero-order chi connectivity index (χ0) is 18.2. The molecule has 3 atom stereocenters. The molecule has 2 aliphatic heterocycles. The van der Waals surface area contributed by atoms with E-state index in [1.165, 1.54) is 11.3 Å². The van der Waals surface area contributed by atoms with E-state index in [1.54, 1.807) is 0 Å². The molecule has 1 amide bonds. The van der Waals surface area contributed by atoms with Gasteiger partial charge in [0, 0.05) is 35.3 Å². The molecule has 1 aromatic heterocycles. The lowest BCUT2D eigenvalue weighted by atomic mass is 9.82. The van der Waals surface area contributed by atoms with Crippen molar-refractivity contribution in [1.29, 1.82) is 0 Å². The van der Waals surface area contributed by atoms with Gasteiger partial charge in [-0.15, -0.1) is 11.3 Å². The first-order valence-corrected chi connectivity index (χ1v) is 9.38. The number of piperidine rings is 1. The van der Waals surface area contributed by atoms with Crippen LogP contribution in [0, 0.1) is 0 Å². The van der Waals surface area contributed by atoms with Crippen LogP contribution in [0.3, 0.4) is 0 Å². The van der Waals surface area contributed by atoms with Gasteiger partial charge in [0.1, 0.15) is 11.7 Å². The van der Waals surface area contributed by atoms with Gasteiger partial charge >= 0.3 is 0 Å². The lowest BCUT2D eigenvalue weighted by Gasteiger charge is -2.47. The predicted octanol–water partition coefficient (Wildman–Crippen LogP) is 1.65. The van der Waals surface area contributed by atoms with Gasteiger partial charge in [0.2, 0.25) is 12.3 Å². The molecule has 3 heterocycles. The third-order valence-electron chi connectivity index (χ3n) is 5.17. The molecule has 5 nitrogen and oxygen atoms in total. The van der Waals surface area contributed by atoms with Crippen molar-refractivity contribution in [3.8, 4) is 0 Å². The number of likely N-dealkylation sites (tertiary alicyclic amines) is 1. The molecule has 1 saturated heterocycles. The zero-order valence-corrected chi connectivity index (χ0v) is 15.0. The van der Waals surface area contributed by atoms with Crippen LogP contribution in [0.25, 0.3) is 0 Å². The summed E-state index contributed by atoms with van der Waals surface area (Å²) in [5.41, 5.74) is 5.83. The second-order valence-corrected chi connectivity index (χ2v) is 8.11. The van der Waals surface area contributed by atoms with Crippen LogP contribution < -0.4 is 5.73 Å². The molecule has 2 aliphatic rings. The monoisotopic (exact) mass is 374 g/mol. The molecule has 1 aromatic rings. The topological polar surface area (TPSA) is 75.8 Å². The number of β-amino-alcohol motifs (C(OH)–C–C–N with tert-alkyl or cyclic N) is 1. The van der Waals surface area contributed by atoms with E-state index in [-0.39, 0.29) is 19.0 Å².